The third-order valence-corrected chi connectivity index (χ3v) is 3.66. The summed E-state index contributed by atoms with van der Waals surface area (Å²) in [7, 11) is 0. The smallest absolute Gasteiger partial charge is 0.311 e. The summed E-state index contributed by atoms with van der Waals surface area (Å²) in [5.41, 5.74) is -0.972. The van der Waals surface area contributed by atoms with E-state index >= 15 is 0 Å². The van der Waals surface area contributed by atoms with Crippen molar-refractivity contribution in [3.63, 3.8) is 0 Å². The Hall–Kier alpha value is -0.920. The van der Waals surface area contributed by atoms with Crippen LogP contribution < -0.4 is 5.56 Å². The fourth-order valence-electron chi connectivity index (χ4n) is 1.53. The Morgan fingerprint density at radius 1 is 1.53 bits per heavy atom. The number of nitrogens with zero attached hydrogens (tertiary/aromatic N) is 1. The maximum atomic E-state index is 13.4. The van der Waals surface area contributed by atoms with Gasteiger partial charge in [-0.05, 0) is 49.8 Å². The second-order valence-corrected chi connectivity index (χ2v) is 6.02. The van der Waals surface area contributed by atoms with Gasteiger partial charge in [0.25, 0.3) is 5.56 Å². The van der Waals surface area contributed by atoms with Crippen LogP contribution >= 0.6 is 22.6 Å². The maximum Gasteiger partial charge on any atom is 0.311 e. The highest BCUT2D eigenvalue weighted by Gasteiger charge is 2.28. The number of pyridine rings is 1. The van der Waals surface area contributed by atoms with E-state index < -0.39 is 11.2 Å². The fourth-order valence-corrected chi connectivity index (χ4v) is 1.93. The first-order valence-electron chi connectivity index (χ1n) is 6.00. The van der Waals surface area contributed by atoms with Gasteiger partial charge in [-0.15, -0.1) is 0 Å². The molecular weight excluding hydrogens is 364 g/mol. The number of ether oxygens (including phenoxy) is 1. The molecule has 0 unspecified atom stereocenters. The largest absolute Gasteiger partial charge is 0.466 e. The van der Waals surface area contributed by atoms with Crippen LogP contribution in [0.4, 0.5) is 4.39 Å². The number of esters is 1. The summed E-state index contributed by atoms with van der Waals surface area (Å²) in [6.07, 6.45) is 1.58. The predicted molar refractivity (Wildman–Crippen MR) is 78.4 cm³/mol. The van der Waals surface area contributed by atoms with Gasteiger partial charge in [0.15, 0.2) is 5.82 Å². The molecule has 0 aliphatic heterocycles. The van der Waals surface area contributed by atoms with Gasteiger partial charge in [0.1, 0.15) is 0 Å². The van der Waals surface area contributed by atoms with Gasteiger partial charge in [-0.3, -0.25) is 9.59 Å². The molecule has 1 heterocycles. The van der Waals surface area contributed by atoms with Crippen LogP contribution in [-0.2, 0) is 16.1 Å². The van der Waals surface area contributed by atoms with Crippen molar-refractivity contribution in [1.29, 1.82) is 0 Å². The predicted octanol–water partition coefficient (Wildman–Crippen LogP) is 2.57. The molecule has 0 spiro atoms. The molecule has 0 aliphatic carbocycles. The average Bonchev–Trinajstić information content (AvgIpc) is 2.32. The Kier molecular flexibility index (Phi) is 5.51. The van der Waals surface area contributed by atoms with E-state index in [9.17, 15) is 14.0 Å². The first-order chi connectivity index (χ1) is 8.77. The lowest BCUT2D eigenvalue weighted by Gasteiger charge is -2.22. The van der Waals surface area contributed by atoms with Crippen LogP contribution in [-0.4, -0.2) is 17.1 Å². The second-order valence-electron chi connectivity index (χ2n) is 4.86. The van der Waals surface area contributed by atoms with E-state index in [0.29, 0.717) is 16.6 Å². The Labute approximate surface area is 125 Å². The van der Waals surface area contributed by atoms with Crippen molar-refractivity contribution < 1.29 is 13.9 Å². The Bertz CT molecular complexity index is 525. The summed E-state index contributed by atoms with van der Waals surface area (Å²) in [6.45, 7) is 5.84. The molecule has 1 rings (SSSR count). The topological polar surface area (TPSA) is 48.3 Å². The maximum absolute atomic E-state index is 13.4. The zero-order chi connectivity index (χ0) is 14.6. The number of halogens is 2. The van der Waals surface area contributed by atoms with Crippen molar-refractivity contribution in [3.05, 3.63) is 32.0 Å². The van der Waals surface area contributed by atoms with Gasteiger partial charge in [-0.2, -0.15) is 0 Å². The van der Waals surface area contributed by atoms with E-state index in [1.54, 1.807) is 43.4 Å². The van der Waals surface area contributed by atoms with Crippen LogP contribution in [0.2, 0.25) is 0 Å². The zero-order valence-corrected chi connectivity index (χ0v) is 13.4. The van der Waals surface area contributed by atoms with E-state index in [4.69, 9.17) is 4.74 Å². The summed E-state index contributed by atoms with van der Waals surface area (Å²) >= 11 is 1.77. The van der Waals surface area contributed by atoms with Gasteiger partial charge in [-0.25, -0.2) is 4.39 Å². The molecule has 0 amide bonds. The number of rotatable bonds is 5. The Morgan fingerprint density at radius 3 is 2.74 bits per heavy atom. The molecule has 0 fully saturated rings. The van der Waals surface area contributed by atoms with Crippen molar-refractivity contribution in [3.8, 4) is 0 Å². The van der Waals surface area contributed by atoms with Crippen LogP contribution in [0.5, 0.6) is 0 Å². The van der Waals surface area contributed by atoms with Gasteiger partial charge in [0.2, 0.25) is 0 Å². The second kappa shape index (κ2) is 6.49. The summed E-state index contributed by atoms with van der Waals surface area (Å²) in [4.78, 5) is 23.4. The molecule has 0 saturated heterocycles. The minimum absolute atomic E-state index is 0.273. The highest BCUT2D eigenvalue weighted by molar-refractivity contribution is 14.1. The van der Waals surface area contributed by atoms with E-state index in [0.717, 1.165) is 0 Å². The molecular formula is C13H17FINO3. The van der Waals surface area contributed by atoms with Crippen molar-refractivity contribution in [2.24, 2.45) is 5.41 Å². The molecule has 0 N–H and O–H groups in total. The van der Waals surface area contributed by atoms with Crippen molar-refractivity contribution in [2.45, 2.75) is 33.7 Å². The first kappa shape index (κ1) is 16.1. The number of carbonyl (C=O) groups excluding carboxylic acids is 1. The number of hydrogen-bond donors (Lipinski definition) is 0. The molecule has 6 heteroatoms. The molecule has 106 valence electrons. The van der Waals surface area contributed by atoms with Gasteiger partial charge >= 0.3 is 5.97 Å². The molecule has 4 nitrogen and oxygen atoms in total. The zero-order valence-electron chi connectivity index (χ0n) is 11.2. The lowest BCUT2D eigenvalue weighted by molar-refractivity contribution is -0.153. The molecule has 0 atom stereocenters. The van der Waals surface area contributed by atoms with Crippen molar-refractivity contribution in [1.82, 2.24) is 4.57 Å². The summed E-state index contributed by atoms with van der Waals surface area (Å²) < 4.78 is 19.9. The lowest BCUT2D eigenvalue weighted by Crippen LogP contribution is -2.30. The first-order valence-corrected chi connectivity index (χ1v) is 7.08. The monoisotopic (exact) mass is 381 g/mol. The van der Waals surface area contributed by atoms with E-state index in [1.165, 1.54) is 16.8 Å². The van der Waals surface area contributed by atoms with Gasteiger partial charge < -0.3 is 9.30 Å². The number of aromatic nitrogens is 1. The fraction of sp³-hybridized carbons (Fsp3) is 0.538. The van der Waals surface area contributed by atoms with E-state index in [2.05, 4.69) is 0 Å². The number of carbonyl (C=O) groups is 1. The highest BCUT2D eigenvalue weighted by atomic mass is 127. The number of aryl methyl sites for hydroxylation is 1. The molecule has 1 aromatic heterocycles. The summed E-state index contributed by atoms with van der Waals surface area (Å²) in [5, 5.41) is 0. The van der Waals surface area contributed by atoms with Crippen LogP contribution in [0, 0.1) is 14.8 Å². The molecule has 1 aromatic rings. The minimum Gasteiger partial charge on any atom is -0.466 e. The third-order valence-electron chi connectivity index (χ3n) is 2.84. The Balaban J connectivity index is 2.79. The quantitative estimate of drug-likeness (QED) is 0.582. The average molecular weight is 381 g/mol. The molecule has 0 radical (unpaired) electrons. The SMILES string of the molecule is CCOC(=O)C(C)(C)CCn1cc(F)c(I)cc1=O. The van der Waals surface area contributed by atoms with E-state index in [-0.39, 0.29) is 18.1 Å². The van der Waals surface area contributed by atoms with Crippen molar-refractivity contribution >= 4 is 28.6 Å². The van der Waals surface area contributed by atoms with Crippen LogP contribution in [0.15, 0.2) is 17.1 Å². The summed E-state index contributed by atoms with van der Waals surface area (Å²) in [5.74, 6) is -0.747. The lowest BCUT2D eigenvalue weighted by atomic mass is 9.89. The molecule has 19 heavy (non-hydrogen) atoms. The highest BCUT2D eigenvalue weighted by Crippen LogP contribution is 2.23. The molecule has 0 saturated carbocycles. The third kappa shape index (κ3) is 4.29. The van der Waals surface area contributed by atoms with Crippen LogP contribution in [0.3, 0.4) is 0 Å². The van der Waals surface area contributed by atoms with Gasteiger partial charge in [-0.1, -0.05) is 0 Å². The van der Waals surface area contributed by atoms with Crippen molar-refractivity contribution in [2.75, 3.05) is 6.61 Å². The molecule has 0 bridgehead atoms. The van der Waals surface area contributed by atoms with Crippen LogP contribution in [0.1, 0.15) is 27.2 Å². The van der Waals surface area contributed by atoms with Gasteiger partial charge in [0, 0.05) is 18.8 Å². The van der Waals surface area contributed by atoms with Crippen LogP contribution in [0.25, 0.3) is 0 Å². The standard InChI is InChI=1S/C13H17FINO3/c1-4-19-12(18)13(2,3)5-6-16-8-9(14)10(15)7-11(16)17/h7-8H,4-6H2,1-3H3. The number of hydrogen-bond acceptors (Lipinski definition) is 3. The molecule has 0 aromatic carbocycles. The normalized spacial score (nSPS) is 11.4. The minimum atomic E-state index is -0.699. The molecule has 0 aliphatic rings. The Morgan fingerprint density at radius 2 is 2.16 bits per heavy atom. The van der Waals surface area contributed by atoms with Gasteiger partial charge in [0.05, 0.1) is 15.6 Å². The van der Waals surface area contributed by atoms with E-state index in [1.807, 2.05) is 0 Å². The summed E-state index contributed by atoms with van der Waals surface area (Å²) in [6, 6.07) is 1.24.